The van der Waals surface area contributed by atoms with Gasteiger partial charge >= 0.3 is 12.4 Å². The van der Waals surface area contributed by atoms with Crippen molar-refractivity contribution in [2.45, 2.75) is 55.6 Å². The molecule has 0 radical (unpaired) electrons. The predicted octanol–water partition coefficient (Wildman–Crippen LogP) is 7.31. The fourth-order valence-corrected chi connectivity index (χ4v) is 6.91. The molecule has 1 saturated heterocycles. The Morgan fingerprint density at radius 3 is 2.18 bits per heavy atom. The second-order valence-electron chi connectivity index (χ2n) is 11.8. The van der Waals surface area contributed by atoms with Gasteiger partial charge in [-0.3, -0.25) is 9.59 Å². The van der Waals surface area contributed by atoms with Gasteiger partial charge in [-0.15, -0.1) is 10.2 Å². The summed E-state index contributed by atoms with van der Waals surface area (Å²) in [7, 11) is 0. The molecule has 5 aromatic rings. The number of alkyl halides is 6. The van der Waals surface area contributed by atoms with Crippen LogP contribution in [0.25, 0.3) is 22.1 Å². The third-order valence-electron chi connectivity index (χ3n) is 8.47. The maximum atomic E-state index is 13.7. The van der Waals surface area contributed by atoms with E-state index in [1.165, 1.54) is 4.90 Å². The van der Waals surface area contributed by atoms with Crippen molar-refractivity contribution in [3.05, 3.63) is 95.1 Å². The number of carbonyl (C=O) groups is 2. The Labute approximate surface area is 281 Å². The number of rotatable bonds is 7. The zero-order valence-electron chi connectivity index (χ0n) is 26.3. The summed E-state index contributed by atoms with van der Waals surface area (Å²) in [5.41, 5.74) is -0.590. The number of benzene rings is 3. The summed E-state index contributed by atoms with van der Waals surface area (Å²) in [5, 5.41) is 9.40. The molecule has 2 unspecified atom stereocenters. The lowest BCUT2D eigenvalue weighted by Gasteiger charge is -2.41. The van der Waals surface area contributed by atoms with E-state index in [2.05, 4.69) is 14.8 Å². The van der Waals surface area contributed by atoms with Crippen molar-refractivity contribution in [3.63, 3.8) is 0 Å². The molecule has 0 aliphatic carbocycles. The van der Waals surface area contributed by atoms with E-state index < -0.39 is 46.2 Å². The monoisotopic (exact) mass is 700 g/mol. The number of hydrogen-bond acceptors (Lipinski definition) is 6. The molecule has 2 atom stereocenters. The van der Waals surface area contributed by atoms with E-state index in [1.807, 2.05) is 61.5 Å². The van der Waals surface area contributed by atoms with E-state index in [9.17, 15) is 35.9 Å². The fraction of sp³-hybridized carbons (Fsp3) is 0.324. The highest BCUT2D eigenvalue weighted by molar-refractivity contribution is 8.00. The van der Waals surface area contributed by atoms with Gasteiger partial charge < -0.3 is 14.4 Å². The number of hydrogen-bond donors (Lipinski definition) is 0. The lowest BCUT2D eigenvalue weighted by atomic mass is 10.0. The maximum Gasteiger partial charge on any atom is 0.416 e. The minimum absolute atomic E-state index is 0.0146. The van der Waals surface area contributed by atoms with Crippen molar-refractivity contribution in [3.8, 4) is 0 Å². The molecule has 2 amide bonds. The molecule has 0 saturated carbocycles. The number of piperazine rings is 1. The van der Waals surface area contributed by atoms with Gasteiger partial charge in [0.2, 0.25) is 11.1 Å². The summed E-state index contributed by atoms with van der Waals surface area (Å²) >= 11 is 1.16. The molecule has 8 nitrogen and oxygen atoms in total. The Bertz CT molecular complexity index is 1980. The Balaban J connectivity index is 1.19. The number of thioether (sulfide) groups is 1. The highest BCUT2D eigenvalue weighted by Gasteiger charge is 2.39. The topological polar surface area (TPSA) is 84.2 Å². The van der Waals surface area contributed by atoms with Crippen LogP contribution in [0.5, 0.6) is 0 Å². The summed E-state index contributed by atoms with van der Waals surface area (Å²) in [6.07, 6.45) is -9.75. The second kappa shape index (κ2) is 13.3. The molecule has 15 heteroatoms. The zero-order valence-corrected chi connectivity index (χ0v) is 27.1. The van der Waals surface area contributed by atoms with Crippen molar-refractivity contribution < 1.29 is 35.9 Å². The lowest BCUT2D eigenvalue weighted by Crippen LogP contribution is -2.56. The van der Waals surface area contributed by atoms with Gasteiger partial charge in [0.15, 0.2) is 5.65 Å². The number of nitrogens with zero attached hydrogens (tertiary/aromatic N) is 6. The molecule has 1 aliphatic heterocycles. The third kappa shape index (κ3) is 7.07. The number of fused-ring (bicyclic) bond motifs is 3. The molecule has 1 fully saturated rings. The standard InChI is InChI=1S/C34H30F6N6O2S/c1-3-27(49-32-41-29-28(42-43-32)25-11-7-8-12-26(25)46(29)19-21-9-5-4-6-10-21)31(48)44-13-14-45(20(2)18-44)30(47)22-15-23(33(35,36)37)17-24(16-22)34(38,39)40/h4-12,15-17,20,27H,3,13-14,18-19H2,1-2H3. The number of amides is 2. The van der Waals surface area contributed by atoms with Crippen LogP contribution in [0.1, 0.15) is 47.3 Å². The van der Waals surface area contributed by atoms with Crippen molar-refractivity contribution >= 4 is 45.6 Å². The van der Waals surface area contributed by atoms with Gasteiger partial charge in [0, 0.05) is 43.2 Å². The largest absolute Gasteiger partial charge is 0.416 e. The van der Waals surface area contributed by atoms with Crippen LogP contribution in [0.15, 0.2) is 78.0 Å². The van der Waals surface area contributed by atoms with E-state index in [0.29, 0.717) is 41.4 Å². The molecule has 3 aromatic carbocycles. The van der Waals surface area contributed by atoms with Gasteiger partial charge in [0.1, 0.15) is 5.52 Å². The first kappa shape index (κ1) is 34.2. The molecule has 2 aromatic heterocycles. The van der Waals surface area contributed by atoms with Crippen molar-refractivity contribution in [1.29, 1.82) is 0 Å². The van der Waals surface area contributed by atoms with Crippen LogP contribution in [0.4, 0.5) is 26.3 Å². The summed E-state index contributed by atoms with van der Waals surface area (Å²) in [6.45, 7) is 3.98. The number of carbonyl (C=O) groups excluding carboxylic acids is 2. The van der Waals surface area contributed by atoms with Gasteiger partial charge in [0.25, 0.3) is 5.91 Å². The molecule has 6 rings (SSSR count). The number of aromatic nitrogens is 4. The molecule has 0 bridgehead atoms. The molecule has 256 valence electrons. The van der Waals surface area contributed by atoms with E-state index in [1.54, 1.807) is 11.8 Å². The Hall–Kier alpha value is -4.66. The summed E-state index contributed by atoms with van der Waals surface area (Å²) in [4.78, 5) is 34.5. The van der Waals surface area contributed by atoms with Gasteiger partial charge in [-0.2, -0.15) is 26.3 Å². The minimum Gasteiger partial charge on any atom is -0.338 e. The van der Waals surface area contributed by atoms with Crippen LogP contribution in [-0.4, -0.2) is 72.3 Å². The van der Waals surface area contributed by atoms with Crippen LogP contribution < -0.4 is 0 Å². The van der Waals surface area contributed by atoms with Gasteiger partial charge in [-0.25, -0.2) is 4.98 Å². The van der Waals surface area contributed by atoms with Gasteiger partial charge in [-0.05, 0) is 43.2 Å². The Kier molecular flexibility index (Phi) is 9.31. The summed E-state index contributed by atoms with van der Waals surface area (Å²) < 4.78 is 82.5. The minimum atomic E-state index is -5.08. The molecular weight excluding hydrogens is 670 g/mol. The van der Waals surface area contributed by atoms with E-state index in [-0.39, 0.29) is 31.6 Å². The predicted molar refractivity (Wildman–Crippen MR) is 172 cm³/mol. The Morgan fingerprint density at radius 1 is 0.898 bits per heavy atom. The summed E-state index contributed by atoms with van der Waals surface area (Å²) in [5.74, 6) is -1.23. The van der Waals surface area contributed by atoms with Crippen LogP contribution in [-0.2, 0) is 23.7 Å². The first-order valence-electron chi connectivity index (χ1n) is 15.5. The van der Waals surface area contributed by atoms with E-state index in [0.717, 1.165) is 28.2 Å². The van der Waals surface area contributed by atoms with Crippen LogP contribution in [0.3, 0.4) is 0 Å². The molecular formula is C34H30F6N6O2S. The maximum absolute atomic E-state index is 13.7. The van der Waals surface area contributed by atoms with Crippen LogP contribution in [0.2, 0.25) is 0 Å². The van der Waals surface area contributed by atoms with Crippen LogP contribution in [0, 0.1) is 0 Å². The highest BCUT2D eigenvalue weighted by Crippen LogP contribution is 2.37. The SMILES string of the molecule is CCC(Sc1nnc2c3ccccc3n(Cc3ccccc3)c2n1)C(=O)N1CCN(C(=O)c2cc(C(F)(F)F)cc(C(F)(F)F)c2)C(C)C1. The van der Waals surface area contributed by atoms with Crippen molar-refractivity contribution in [1.82, 2.24) is 29.5 Å². The second-order valence-corrected chi connectivity index (χ2v) is 13.0. The lowest BCUT2D eigenvalue weighted by molar-refractivity contribution is -0.143. The van der Waals surface area contributed by atoms with Gasteiger partial charge in [0.05, 0.1) is 21.9 Å². The number of halogens is 6. The molecule has 3 heterocycles. The highest BCUT2D eigenvalue weighted by atomic mass is 32.2. The van der Waals surface area contributed by atoms with Crippen molar-refractivity contribution in [2.75, 3.05) is 19.6 Å². The third-order valence-corrected chi connectivity index (χ3v) is 9.67. The average molecular weight is 701 g/mol. The van der Waals surface area contributed by atoms with E-state index in [4.69, 9.17) is 4.98 Å². The van der Waals surface area contributed by atoms with Gasteiger partial charge in [-0.1, -0.05) is 67.2 Å². The first-order valence-corrected chi connectivity index (χ1v) is 16.3. The van der Waals surface area contributed by atoms with Crippen molar-refractivity contribution in [2.24, 2.45) is 0 Å². The smallest absolute Gasteiger partial charge is 0.338 e. The number of para-hydroxylation sites is 1. The molecule has 49 heavy (non-hydrogen) atoms. The normalized spacial score (nSPS) is 16.4. The average Bonchev–Trinajstić information content (AvgIpc) is 3.38. The quantitative estimate of drug-likeness (QED) is 0.131. The molecule has 1 aliphatic rings. The molecule has 0 N–H and O–H groups in total. The first-order chi connectivity index (χ1) is 23.2. The Morgan fingerprint density at radius 2 is 1.55 bits per heavy atom. The molecule has 0 spiro atoms. The van der Waals surface area contributed by atoms with E-state index >= 15 is 0 Å². The zero-order chi connectivity index (χ0) is 35.1. The van der Waals surface area contributed by atoms with Crippen LogP contribution >= 0.6 is 11.8 Å². The fourth-order valence-electron chi connectivity index (χ4n) is 6.01. The summed E-state index contributed by atoms with van der Waals surface area (Å²) in [6, 6.07) is 17.8.